The lowest BCUT2D eigenvalue weighted by atomic mass is 9.92. The van der Waals surface area contributed by atoms with Crippen molar-refractivity contribution in [2.45, 2.75) is 18.7 Å². The van der Waals surface area contributed by atoms with Crippen LogP contribution in [0.4, 0.5) is 0 Å². The van der Waals surface area contributed by atoms with Gasteiger partial charge in [-0.3, -0.25) is 0 Å². The van der Waals surface area contributed by atoms with Crippen LogP contribution < -0.4 is 4.74 Å². The molecule has 134 valence electrons. The zero-order valence-corrected chi connectivity index (χ0v) is 16.2. The Morgan fingerprint density at radius 1 is 0.769 bits per heavy atom. The summed E-state index contributed by atoms with van der Waals surface area (Å²) in [6.07, 6.45) is 1.22. The van der Waals surface area contributed by atoms with Crippen molar-refractivity contribution in [1.29, 1.82) is 0 Å². The van der Waals surface area contributed by atoms with E-state index >= 15 is 0 Å². The zero-order valence-electron chi connectivity index (χ0n) is 15.4. The maximum atomic E-state index is 11.7. The molecule has 3 aromatic carbocycles. The highest BCUT2D eigenvalue weighted by Crippen LogP contribution is 2.36. The van der Waals surface area contributed by atoms with Gasteiger partial charge in [0.05, 0.1) is 12.0 Å². The average Bonchev–Trinajstić information content (AvgIpc) is 2.61. The van der Waals surface area contributed by atoms with E-state index in [9.17, 15) is 8.42 Å². The van der Waals surface area contributed by atoms with E-state index in [0.717, 1.165) is 39.1 Å². The highest BCUT2D eigenvalue weighted by atomic mass is 32.2. The summed E-state index contributed by atoms with van der Waals surface area (Å²) in [6, 6.07) is 19.4. The Hall–Kier alpha value is -2.59. The van der Waals surface area contributed by atoms with Gasteiger partial charge in [0.15, 0.2) is 9.84 Å². The molecule has 0 aliphatic heterocycles. The summed E-state index contributed by atoms with van der Waals surface area (Å²) in [6.45, 7) is 4.08. The van der Waals surface area contributed by atoms with Gasteiger partial charge in [-0.15, -0.1) is 0 Å². The quantitative estimate of drug-likeness (QED) is 0.649. The standard InChI is InChI=1S/C22H22O3S/c1-15-13-18(14-16(2)22(15)25-3)21-8-6-5-7-20(21)17-9-11-19(12-10-17)26(4,23)24/h5-14H,1-4H3. The van der Waals surface area contributed by atoms with E-state index < -0.39 is 9.84 Å². The van der Waals surface area contributed by atoms with Crippen molar-refractivity contribution in [3.8, 4) is 28.0 Å². The van der Waals surface area contributed by atoms with Gasteiger partial charge in [0.1, 0.15) is 5.75 Å². The third-order valence-electron chi connectivity index (χ3n) is 4.50. The smallest absolute Gasteiger partial charge is 0.175 e. The third-order valence-corrected chi connectivity index (χ3v) is 5.62. The van der Waals surface area contributed by atoms with Crippen LogP contribution in [0, 0.1) is 13.8 Å². The fourth-order valence-electron chi connectivity index (χ4n) is 3.30. The van der Waals surface area contributed by atoms with Crippen LogP contribution in [0.25, 0.3) is 22.3 Å². The lowest BCUT2D eigenvalue weighted by Crippen LogP contribution is -1.96. The number of benzene rings is 3. The van der Waals surface area contributed by atoms with Crippen molar-refractivity contribution in [3.63, 3.8) is 0 Å². The Balaban J connectivity index is 2.13. The molecule has 26 heavy (non-hydrogen) atoms. The molecular formula is C22H22O3S. The lowest BCUT2D eigenvalue weighted by molar-refractivity contribution is 0.408. The van der Waals surface area contributed by atoms with Crippen LogP contribution >= 0.6 is 0 Å². The molecule has 0 fully saturated rings. The minimum absolute atomic E-state index is 0.329. The van der Waals surface area contributed by atoms with E-state index in [0.29, 0.717) is 4.90 Å². The fourth-order valence-corrected chi connectivity index (χ4v) is 3.93. The minimum Gasteiger partial charge on any atom is -0.496 e. The van der Waals surface area contributed by atoms with Crippen LogP contribution in [-0.2, 0) is 9.84 Å². The molecule has 0 spiro atoms. The molecule has 0 N–H and O–H groups in total. The molecule has 0 saturated heterocycles. The highest BCUT2D eigenvalue weighted by molar-refractivity contribution is 7.90. The van der Waals surface area contributed by atoms with E-state index in [-0.39, 0.29) is 0 Å². The molecule has 0 aliphatic rings. The molecule has 3 aromatic rings. The summed E-state index contributed by atoms with van der Waals surface area (Å²) in [5, 5.41) is 0. The van der Waals surface area contributed by atoms with Gasteiger partial charge >= 0.3 is 0 Å². The summed E-state index contributed by atoms with van der Waals surface area (Å²) in [7, 11) is -1.51. The van der Waals surface area contributed by atoms with E-state index in [4.69, 9.17) is 4.74 Å². The van der Waals surface area contributed by atoms with E-state index in [1.807, 2.05) is 38.1 Å². The average molecular weight is 366 g/mol. The van der Waals surface area contributed by atoms with Crippen molar-refractivity contribution in [2.75, 3.05) is 13.4 Å². The number of aryl methyl sites for hydroxylation is 2. The van der Waals surface area contributed by atoms with Crippen molar-refractivity contribution in [1.82, 2.24) is 0 Å². The molecule has 0 saturated carbocycles. The molecule has 0 unspecified atom stereocenters. The van der Waals surface area contributed by atoms with Gasteiger partial charge in [-0.25, -0.2) is 8.42 Å². The van der Waals surface area contributed by atoms with Crippen molar-refractivity contribution in [2.24, 2.45) is 0 Å². The van der Waals surface area contributed by atoms with Crippen LogP contribution in [0.2, 0.25) is 0 Å². The van der Waals surface area contributed by atoms with E-state index in [1.165, 1.54) is 6.26 Å². The first-order valence-electron chi connectivity index (χ1n) is 8.36. The second kappa shape index (κ2) is 6.96. The maximum absolute atomic E-state index is 11.7. The van der Waals surface area contributed by atoms with E-state index in [2.05, 4.69) is 24.3 Å². The number of ether oxygens (including phenoxy) is 1. The maximum Gasteiger partial charge on any atom is 0.175 e. The molecule has 4 heteroatoms. The van der Waals surface area contributed by atoms with Crippen molar-refractivity contribution in [3.05, 3.63) is 71.8 Å². The van der Waals surface area contributed by atoms with Gasteiger partial charge in [-0.05, 0) is 71.5 Å². The molecule has 0 amide bonds. The monoisotopic (exact) mass is 366 g/mol. The summed E-state index contributed by atoms with van der Waals surface area (Å²) < 4.78 is 28.9. The second-order valence-corrected chi connectivity index (χ2v) is 8.50. The SMILES string of the molecule is COc1c(C)cc(-c2ccccc2-c2ccc(S(C)(=O)=O)cc2)cc1C. The van der Waals surface area contributed by atoms with Gasteiger partial charge in [-0.1, -0.05) is 36.4 Å². The summed E-state index contributed by atoms with van der Waals surface area (Å²) in [5.41, 5.74) is 6.45. The Labute approximate surface area is 155 Å². The zero-order chi connectivity index (χ0) is 18.9. The molecule has 0 atom stereocenters. The fraction of sp³-hybridized carbons (Fsp3) is 0.182. The predicted molar refractivity (Wildman–Crippen MR) is 106 cm³/mol. The van der Waals surface area contributed by atoms with Gasteiger partial charge in [0.25, 0.3) is 0 Å². The van der Waals surface area contributed by atoms with Crippen molar-refractivity contribution < 1.29 is 13.2 Å². The van der Waals surface area contributed by atoms with Crippen LogP contribution in [0.5, 0.6) is 5.75 Å². The van der Waals surface area contributed by atoms with Gasteiger partial charge in [-0.2, -0.15) is 0 Å². The van der Waals surface area contributed by atoms with Crippen LogP contribution in [-0.4, -0.2) is 21.8 Å². The predicted octanol–water partition coefficient (Wildman–Crippen LogP) is 5.05. The molecule has 3 rings (SSSR count). The largest absolute Gasteiger partial charge is 0.496 e. The number of methoxy groups -OCH3 is 1. The van der Waals surface area contributed by atoms with Crippen LogP contribution in [0.3, 0.4) is 0 Å². The molecule has 0 heterocycles. The molecule has 0 aromatic heterocycles. The first-order valence-corrected chi connectivity index (χ1v) is 10.3. The van der Waals surface area contributed by atoms with Crippen molar-refractivity contribution >= 4 is 9.84 Å². The number of hydrogen-bond acceptors (Lipinski definition) is 3. The molecule has 0 radical (unpaired) electrons. The molecular weight excluding hydrogens is 344 g/mol. The summed E-state index contributed by atoms with van der Waals surface area (Å²) >= 11 is 0. The Bertz CT molecular complexity index is 1030. The van der Waals surface area contributed by atoms with Gasteiger partial charge < -0.3 is 4.74 Å². The first kappa shape index (κ1) is 18.2. The normalized spacial score (nSPS) is 11.4. The minimum atomic E-state index is -3.20. The Morgan fingerprint density at radius 3 is 1.73 bits per heavy atom. The van der Waals surface area contributed by atoms with Crippen LogP contribution in [0.15, 0.2) is 65.6 Å². The number of rotatable bonds is 4. The third kappa shape index (κ3) is 3.51. The molecule has 3 nitrogen and oxygen atoms in total. The second-order valence-electron chi connectivity index (χ2n) is 6.49. The van der Waals surface area contributed by atoms with E-state index in [1.54, 1.807) is 19.2 Å². The number of sulfone groups is 1. The number of hydrogen-bond donors (Lipinski definition) is 0. The molecule has 0 bridgehead atoms. The van der Waals surface area contributed by atoms with Crippen LogP contribution in [0.1, 0.15) is 11.1 Å². The Kier molecular flexibility index (Phi) is 4.88. The van der Waals surface area contributed by atoms with Gasteiger partial charge in [0.2, 0.25) is 0 Å². The van der Waals surface area contributed by atoms with Gasteiger partial charge in [0, 0.05) is 6.26 Å². The molecule has 0 aliphatic carbocycles. The summed E-state index contributed by atoms with van der Waals surface area (Å²) in [4.78, 5) is 0.329. The lowest BCUT2D eigenvalue weighted by Gasteiger charge is -2.15. The summed E-state index contributed by atoms with van der Waals surface area (Å²) in [5.74, 6) is 0.906. The highest BCUT2D eigenvalue weighted by Gasteiger charge is 2.12. The first-order chi connectivity index (χ1) is 12.3. The topological polar surface area (TPSA) is 43.4 Å². The Morgan fingerprint density at radius 2 is 1.27 bits per heavy atom.